The number of hydrogen-bond donors (Lipinski definition) is 9. The van der Waals surface area contributed by atoms with Crippen molar-refractivity contribution in [2.75, 3.05) is 46.2 Å². The van der Waals surface area contributed by atoms with Crippen LogP contribution in [0, 0.1) is 0 Å². The minimum Gasteiger partial charge on any atom is -0.394 e. The van der Waals surface area contributed by atoms with E-state index in [4.69, 9.17) is 41.5 Å². The van der Waals surface area contributed by atoms with Gasteiger partial charge in [-0.25, -0.2) is 0 Å². The second kappa shape index (κ2) is 21.3. The van der Waals surface area contributed by atoms with Gasteiger partial charge in [-0.2, -0.15) is 0 Å². The van der Waals surface area contributed by atoms with Crippen molar-refractivity contribution in [1.82, 2.24) is 4.90 Å². The van der Waals surface area contributed by atoms with Crippen molar-refractivity contribution in [3.05, 3.63) is 12.2 Å². The molecule has 2 unspecified atom stereocenters. The topological polar surface area (TPSA) is 242 Å². The first-order chi connectivity index (χ1) is 13.2. The largest absolute Gasteiger partial charge is 0.394 e. The number of aliphatic hydroxyl groups excluding tert-OH is 8. The van der Waals surface area contributed by atoms with Gasteiger partial charge in [0.25, 0.3) is 11.8 Å². The van der Waals surface area contributed by atoms with Crippen molar-refractivity contribution in [1.29, 1.82) is 0 Å². The Morgan fingerprint density at radius 1 is 0.821 bits per heavy atom. The number of nitrogens with two attached hydrogens (primary N) is 1. The van der Waals surface area contributed by atoms with E-state index in [1.54, 1.807) is 0 Å². The summed E-state index contributed by atoms with van der Waals surface area (Å²) in [6.07, 6.45) is 0.280. The minimum absolute atomic E-state index is 0.125. The zero-order chi connectivity index (χ0) is 22.5. The molecular formula is C15H30N2O11. The van der Waals surface area contributed by atoms with Crippen molar-refractivity contribution in [2.45, 2.75) is 18.6 Å². The summed E-state index contributed by atoms with van der Waals surface area (Å²) < 4.78 is 0. The number of hydrogen-bond acceptors (Lipinski definition) is 11. The molecule has 10 N–H and O–H groups in total. The number of primary amides is 1. The van der Waals surface area contributed by atoms with E-state index in [2.05, 4.69) is 0 Å². The van der Waals surface area contributed by atoms with E-state index >= 15 is 0 Å². The molecule has 13 nitrogen and oxygen atoms in total. The lowest BCUT2D eigenvalue weighted by Gasteiger charge is -2.28. The maximum Gasteiger partial charge on any atom is 0.253 e. The van der Waals surface area contributed by atoms with Gasteiger partial charge in [-0.3, -0.25) is 19.3 Å². The molecule has 0 radical (unpaired) electrons. The summed E-state index contributed by atoms with van der Waals surface area (Å²) in [4.78, 5) is 34.1. The summed E-state index contributed by atoms with van der Waals surface area (Å²) in [6, 6.07) is -1.13. The highest BCUT2D eigenvalue weighted by Gasteiger charge is 2.36. The molecule has 1 aliphatic rings. The van der Waals surface area contributed by atoms with Crippen LogP contribution in [0.3, 0.4) is 0 Å². The quantitative estimate of drug-likeness (QED) is 0.169. The molecule has 0 aromatic heterocycles. The average molecular weight is 414 g/mol. The molecule has 3 amide bonds. The van der Waals surface area contributed by atoms with Crippen molar-refractivity contribution in [3.8, 4) is 0 Å². The van der Waals surface area contributed by atoms with Crippen LogP contribution in [0.25, 0.3) is 0 Å². The van der Waals surface area contributed by atoms with Gasteiger partial charge in [0.2, 0.25) is 5.91 Å². The lowest BCUT2D eigenvalue weighted by Crippen LogP contribution is -2.50. The van der Waals surface area contributed by atoms with Crippen molar-refractivity contribution >= 4 is 17.7 Å². The average Bonchev–Trinajstić information content (AvgIpc) is 3.03. The van der Waals surface area contributed by atoms with Gasteiger partial charge < -0.3 is 46.6 Å². The highest BCUT2D eigenvalue weighted by atomic mass is 16.3. The molecule has 0 aliphatic carbocycles. The third-order valence-electron chi connectivity index (χ3n) is 2.52. The summed E-state index contributed by atoms with van der Waals surface area (Å²) in [6.45, 7) is -1.42. The first-order valence-corrected chi connectivity index (χ1v) is 7.99. The number of carbonyl (C=O) groups is 3. The molecule has 0 saturated heterocycles. The molecule has 0 bridgehead atoms. The summed E-state index contributed by atoms with van der Waals surface area (Å²) in [5, 5.41) is 64.0. The van der Waals surface area contributed by atoms with Crippen LogP contribution in [0.15, 0.2) is 12.2 Å². The second-order valence-electron chi connectivity index (χ2n) is 4.71. The molecule has 166 valence electrons. The van der Waals surface area contributed by atoms with E-state index < -0.39 is 36.5 Å². The van der Waals surface area contributed by atoms with Gasteiger partial charge >= 0.3 is 0 Å². The number of aliphatic hydroxyl groups is 8. The van der Waals surface area contributed by atoms with E-state index in [0.717, 1.165) is 12.2 Å². The fourth-order valence-electron chi connectivity index (χ4n) is 1.47. The van der Waals surface area contributed by atoms with E-state index in [1.807, 2.05) is 0 Å². The Morgan fingerprint density at radius 2 is 1.14 bits per heavy atom. The number of amides is 3. The standard InChI is InChI=1S/C9H12N2O5.3C2H6O2/c10-7(14)3-5(6(13)4-12)11-8(15)1-2-9(11)16;3*3-1-2-4/h1-2,5-6,12-13H,3-4H2,(H2,10,14);3*3-4H,1-2H2. The van der Waals surface area contributed by atoms with E-state index in [-0.39, 0.29) is 46.1 Å². The molecule has 1 rings (SSSR count). The van der Waals surface area contributed by atoms with Gasteiger partial charge in [-0.1, -0.05) is 0 Å². The Morgan fingerprint density at radius 3 is 1.36 bits per heavy atom. The van der Waals surface area contributed by atoms with Gasteiger partial charge in [0.1, 0.15) is 0 Å². The fourth-order valence-corrected chi connectivity index (χ4v) is 1.47. The summed E-state index contributed by atoms with van der Waals surface area (Å²) in [5.74, 6) is -2.04. The van der Waals surface area contributed by atoms with E-state index in [0.29, 0.717) is 4.90 Å². The molecular weight excluding hydrogens is 384 g/mol. The zero-order valence-corrected chi connectivity index (χ0v) is 15.3. The van der Waals surface area contributed by atoms with Gasteiger partial charge in [0.05, 0.1) is 58.4 Å². The summed E-state index contributed by atoms with van der Waals surface area (Å²) in [7, 11) is 0. The Kier molecular flexibility index (Phi) is 23.4. The van der Waals surface area contributed by atoms with Gasteiger partial charge in [0.15, 0.2) is 0 Å². The molecule has 13 heteroatoms. The van der Waals surface area contributed by atoms with Crippen LogP contribution >= 0.6 is 0 Å². The Balaban J connectivity index is -0.000000427. The van der Waals surface area contributed by atoms with Gasteiger partial charge in [0, 0.05) is 18.6 Å². The molecule has 28 heavy (non-hydrogen) atoms. The zero-order valence-electron chi connectivity index (χ0n) is 15.3. The molecule has 1 aliphatic heterocycles. The molecule has 2 atom stereocenters. The summed E-state index contributed by atoms with van der Waals surface area (Å²) in [5.41, 5.74) is 4.94. The SMILES string of the molecule is NC(=O)CC(C(O)CO)N1C(=O)C=CC1=O.OCCO.OCCO.OCCO. The van der Waals surface area contributed by atoms with Crippen molar-refractivity contribution in [2.24, 2.45) is 5.73 Å². The minimum atomic E-state index is -1.39. The molecule has 0 spiro atoms. The predicted octanol–water partition coefficient (Wildman–Crippen LogP) is -5.58. The van der Waals surface area contributed by atoms with Crippen LogP contribution in [0.1, 0.15) is 6.42 Å². The lowest BCUT2D eigenvalue weighted by atomic mass is 10.1. The first-order valence-electron chi connectivity index (χ1n) is 7.99. The van der Waals surface area contributed by atoms with Gasteiger partial charge in [-0.05, 0) is 0 Å². The van der Waals surface area contributed by atoms with Crippen LogP contribution in [0.4, 0.5) is 0 Å². The van der Waals surface area contributed by atoms with Crippen LogP contribution < -0.4 is 5.73 Å². The second-order valence-corrected chi connectivity index (χ2v) is 4.71. The van der Waals surface area contributed by atoms with E-state index in [1.165, 1.54) is 0 Å². The molecule has 0 saturated carbocycles. The predicted molar refractivity (Wildman–Crippen MR) is 94.2 cm³/mol. The number of imide groups is 1. The first kappa shape index (κ1) is 30.7. The van der Waals surface area contributed by atoms with Crippen LogP contribution in [-0.2, 0) is 14.4 Å². The molecule has 1 heterocycles. The highest BCUT2D eigenvalue weighted by molar-refractivity contribution is 6.13. The van der Waals surface area contributed by atoms with Crippen molar-refractivity contribution in [3.63, 3.8) is 0 Å². The van der Waals surface area contributed by atoms with Crippen LogP contribution in [0.2, 0.25) is 0 Å². The fraction of sp³-hybridized carbons (Fsp3) is 0.667. The monoisotopic (exact) mass is 414 g/mol. The van der Waals surface area contributed by atoms with Crippen molar-refractivity contribution < 1.29 is 55.2 Å². The Hall–Kier alpha value is -1.97. The maximum atomic E-state index is 11.3. The Labute approximate surface area is 161 Å². The normalized spacial score (nSPS) is 14.1. The third-order valence-corrected chi connectivity index (χ3v) is 2.52. The lowest BCUT2D eigenvalue weighted by molar-refractivity contribution is -0.144. The highest BCUT2D eigenvalue weighted by Crippen LogP contribution is 2.15. The Bertz CT molecular complexity index is 412. The molecule has 0 aromatic rings. The van der Waals surface area contributed by atoms with Crippen LogP contribution in [-0.4, -0.2) is 122 Å². The summed E-state index contributed by atoms with van der Waals surface area (Å²) >= 11 is 0. The van der Waals surface area contributed by atoms with Crippen LogP contribution in [0.5, 0.6) is 0 Å². The van der Waals surface area contributed by atoms with Gasteiger partial charge in [-0.15, -0.1) is 0 Å². The third kappa shape index (κ3) is 16.2. The smallest absolute Gasteiger partial charge is 0.253 e. The molecule has 0 aromatic carbocycles. The van der Waals surface area contributed by atoms with E-state index in [9.17, 15) is 19.5 Å². The number of rotatable bonds is 8. The number of nitrogens with zero attached hydrogens (tertiary/aromatic N) is 1. The number of carbonyl (C=O) groups excluding carboxylic acids is 3. The molecule has 0 fully saturated rings. The maximum absolute atomic E-state index is 11.3.